The predicted molar refractivity (Wildman–Crippen MR) is 66.9 cm³/mol. The Hall–Kier alpha value is -0.702. The van der Waals surface area contributed by atoms with Crippen LogP contribution in [0.4, 0.5) is 0 Å². The number of amides is 2. The fourth-order valence-corrected chi connectivity index (χ4v) is 0.966. The van der Waals surface area contributed by atoms with Crippen LogP contribution >= 0.6 is 0 Å². The molecule has 18 heavy (non-hydrogen) atoms. The van der Waals surface area contributed by atoms with E-state index >= 15 is 0 Å². The normalized spacial score (nSPS) is 10.1. The van der Waals surface area contributed by atoms with Crippen LogP contribution in [0.2, 0.25) is 0 Å². The molecule has 0 aromatic rings. The minimum absolute atomic E-state index is 0. The van der Waals surface area contributed by atoms with Gasteiger partial charge >= 0.3 is 21.1 Å². The van der Waals surface area contributed by atoms with Crippen molar-refractivity contribution in [1.29, 1.82) is 0 Å². The first-order chi connectivity index (χ1) is 8.01. The average Bonchev–Trinajstić information content (AvgIpc) is 2.36. The van der Waals surface area contributed by atoms with Gasteiger partial charge in [-0.3, -0.25) is 14.4 Å². The van der Waals surface area contributed by atoms with Crippen molar-refractivity contribution in [3.05, 3.63) is 13.8 Å². The molecule has 0 aromatic carbocycles. The van der Waals surface area contributed by atoms with Gasteiger partial charge in [0.2, 0.25) is 5.91 Å². The summed E-state index contributed by atoms with van der Waals surface area (Å²) in [6.45, 7) is 10.2. The Morgan fingerprint density at radius 1 is 1.22 bits per heavy atom. The number of hydrogen-bond acceptors (Lipinski definition) is 3. The third-order valence-electron chi connectivity index (χ3n) is 1.90. The number of hydrogen-bond donors (Lipinski definition) is 2. The van der Waals surface area contributed by atoms with Crippen LogP contribution < -0.4 is 10.6 Å². The molecule has 6 heteroatoms. The number of rotatable bonds is 6. The maximum atomic E-state index is 11.3. The van der Waals surface area contributed by atoms with Crippen molar-refractivity contribution in [1.82, 2.24) is 10.6 Å². The summed E-state index contributed by atoms with van der Waals surface area (Å²) in [6, 6.07) is 0. The molecule has 0 bridgehead atoms. The number of ketones is 1. The van der Waals surface area contributed by atoms with Crippen molar-refractivity contribution >= 4 is 17.6 Å². The molecule has 2 N–H and O–H groups in total. The van der Waals surface area contributed by atoms with E-state index in [1.54, 1.807) is 13.8 Å². The van der Waals surface area contributed by atoms with Gasteiger partial charge in [-0.1, -0.05) is 12.8 Å². The van der Waals surface area contributed by atoms with Crippen LogP contribution in [0.1, 0.15) is 26.7 Å². The zero-order valence-corrected chi connectivity index (χ0v) is 14.2. The molecule has 0 fully saturated rings. The molecule has 0 heterocycles. The van der Waals surface area contributed by atoms with E-state index < -0.39 is 5.92 Å². The van der Waals surface area contributed by atoms with Crippen LogP contribution in [0.5, 0.6) is 0 Å². The van der Waals surface area contributed by atoms with Crippen molar-refractivity contribution in [3.8, 4) is 0 Å². The Balaban J connectivity index is -0.000000709. The third kappa shape index (κ3) is 11.8. The maximum absolute atomic E-state index is 11.3. The second-order valence-corrected chi connectivity index (χ2v) is 3.18. The number of nitrogens with one attached hydrogen (secondary N) is 2. The van der Waals surface area contributed by atoms with Gasteiger partial charge in [-0.15, -0.1) is 0 Å². The molecule has 1 atom stereocenters. The van der Waals surface area contributed by atoms with E-state index in [-0.39, 0.29) is 51.6 Å². The van der Waals surface area contributed by atoms with Gasteiger partial charge < -0.3 is 24.5 Å². The van der Waals surface area contributed by atoms with Crippen LogP contribution in [-0.4, -0.2) is 31.2 Å². The Kier molecular flexibility index (Phi) is 17.9. The molecule has 0 aliphatic heterocycles. The van der Waals surface area contributed by atoms with Crippen LogP contribution in [0.3, 0.4) is 0 Å². The van der Waals surface area contributed by atoms with Crippen molar-refractivity contribution in [2.45, 2.75) is 26.7 Å². The van der Waals surface area contributed by atoms with Gasteiger partial charge in [-0.05, 0) is 6.42 Å². The second-order valence-electron chi connectivity index (χ2n) is 3.18. The maximum Gasteiger partial charge on any atom is 2.00 e. The van der Waals surface area contributed by atoms with Crippen molar-refractivity contribution in [2.75, 3.05) is 13.6 Å². The quantitative estimate of drug-likeness (QED) is 0.608. The largest absolute Gasteiger partial charge is 2.00 e. The monoisotopic (exact) mass is 426 g/mol. The van der Waals surface area contributed by atoms with Gasteiger partial charge in [0.05, 0.1) is 6.54 Å². The van der Waals surface area contributed by atoms with Crippen LogP contribution in [0, 0.1) is 19.8 Å². The van der Waals surface area contributed by atoms with Gasteiger partial charge in [0.1, 0.15) is 5.78 Å². The smallest absolute Gasteiger partial charge is 0.361 e. The van der Waals surface area contributed by atoms with Crippen LogP contribution in [-0.2, 0) is 35.4 Å². The summed E-state index contributed by atoms with van der Waals surface area (Å²) in [6.07, 6.45) is 0.389. The summed E-state index contributed by atoms with van der Waals surface area (Å²) in [5.74, 6) is -1.24. The van der Waals surface area contributed by atoms with E-state index in [1.807, 2.05) is 0 Å². The molecule has 1 unspecified atom stereocenters. The molecule has 0 saturated heterocycles. The van der Waals surface area contributed by atoms with E-state index in [9.17, 15) is 14.4 Å². The van der Waals surface area contributed by atoms with Crippen molar-refractivity contribution in [3.63, 3.8) is 0 Å². The first kappa shape index (κ1) is 22.5. The Labute approximate surface area is 124 Å². The molecule has 0 aliphatic carbocycles. The van der Waals surface area contributed by atoms with Crippen LogP contribution in [0.25, 0.3) is 0 Å². The molecule has 5 nitrogen and oxygen atoms in total. The summed E-state index contributed by atoms with van der Waals surface area (Å²) >= 11 is 0. The summed E-state index contributed by atoms with van der Waals surface area (Å²) in [5, 5.41) is 4.85. The van der Waals surface area contributed by atoms with E-state index in [0.29, 0.717) is 6.42 Å². The molecule has 104 valence electrons. The summed E-state index contributed by atoms with van der Waals surface area (Å²) in [7, 11) is 1.49. The predicted octanol–water partition coefficient (Wildman–Crippen LogP) is 0.506. The molecular formula is C12H22N2O3W. The zero-order valence-electron chi connectivity index (χ0n) is 11.2. The molecule has 0 aromatic heterocycles. The Morgan fingerprint density at radius 3 is 2.11 bits per heavy atom. The average molecular weight is 426 g/mol. The fraction of sp³-hybridized carbons (Fsp3) is 0.583. The van der Waals surface area contributed by atoms with Gasteiger partial charge in [0.15, 0.2) is 5.91 Å². The topological polar surface area (TPSA) is 75.3 Å². The number of carbonyl (C=O) groups is 3. The molecule has 0 radical (unpaired) electrons. The van der Waals surface area contributed by atoms with Crippen LogP contribution in [0.15, 0.2) is 0 Å². The van der Waals surface area contributed by atoms with Crippen molar-refractivity contribution in [2.24, 2.45) is 5.92 Å². The molecule has 0 rings (SSSR count). The van der Waals surface area contributed by atoms with Gasteiger partial charge in [-0.25, -0.2) is 0 Å². The minimum atomic E-state index is -0.596. The second kappa shape index (κ2) is 14.4. The van der Waals surface area contributed by atoms with Gasteiger partial charge in [0, 0.05) is 13.5 Å². The fourth-order valence-electron chi connectivity index (χ4n) is 0.966. The summed E-state index contributed by atoms with van der Waals surface area (Å²) in [5.41, 5.74) is 0. The van der Waals surface area contributed by atoms with E-state index in [0.717, 1.165) is 0 Å². The number of Topliss-reactive ketones (excluding diaryl/α,β-unsaturated/α-hetero) is 1. The summed E-state index contributed by atoms with van der Waals surface area (Å²) in [4.78, 5) is 33.1. The van der Waals surface area contributed by atoms with Crippen molar-refractivity contribution < 1.29 is 35.4 Å². The third-order valence-corrected chi connectivity index (χ3v) is 1.90. The molecule has 0 saturated carbocycles. The minimum Gasteiger partial charge on any atom is -0.361 e. The van der Waals surface area contributed by atoms with Gasteiger partial charge in [-0.2, -0.15) is 6.92 Å². The Bertz CT molecular complexity index is 258. The first-order valence-electron chi connectivity index (χ1n) is 5.55. The zero-order chi connectivity index (χ0) is 13.8. The first-order valence-corrected chi connectivity index (χ1v) is 5.55. The van der Waals surface area contributed by atoms with E-state index in [4.69, 9.17) is 0 Å². The number of carbonyl (C=O) groups excluding carboxylic acids is 3. The molecule has 0 spiro atoms. The molecule has 0 aliphatic rings. The van der Waals surface area contributed by atoms with Gasteiger partial charge in [0.25, 0.3) is 0 Å². The molecular weight excluding hydrogens is 404 g/mol. The Morgan fingerprint density at radius 2 is 1.72 bits per heavy atom. The standard InChI is InChI=1S/C10H17N2O3.C2H5.W/c1-4-9(14)12-6-8(13)5-7(2)10(15)11-3;1-2;/h7H,2,4-6H2,1,3H3,(H,11,15)(H,12,14);1H2,2H3;/q2*-1;+2. The van der Waals surface area contributed by atoms with E-state index in [2.05, 4.69) is 24.5 Å². The molecule has 2 amide bonds. The van der Waals surface area contributed by atoms with E-state index in [1.165, 1.54) is 7.05 Å². The summed E-state index contributed by atoms with van der Waals surface area (Å²) < 4.78 is 0. The SMILES string of the molecule is [CH2-]C.[CH2-]C(CC(=O)CNC(=O)CC)C(=O)NC.[W+2].